The first kappa shape index (κ1) is 25.1. The third kappa shape index (κ3) is 6.91. The highest BCUT2D eigenvalue weighted by molar-refractivity contribution is 14.0. The van der Waals surface area contributed by atoms with Crippen LogP contribution in [0.4, 0.5) is 14.5 Å². The molecule has 1 aliphatic carbocycles. The molecule has 7 nitrogen and oxygen atoms in total. The van der Waals surface area contributed by atoms with E-state index < -0.39 is 21.7 Å². The molecule has 2 aliphatic rings. The fourth-order valence-electron chi connectivity index (χ4n) is 3.58. The van der Waals surface area contributed by atoms with Crippen LogP contribution in [0.1, 0.15) is 25.7 Å². The van der Waals surface area contributed by atoms with Crippen LogP contribution in [0.15, 0.2) is 23.2 Å². The van der Waals surface area contributed by atoms with Crippen molar-refractivity contribution in [2.75, 3.05) is 43.9 Å². The number of rotatable bonds is 8. The van der Waals surface area contributed by atoms with Crippen LogP contribution in [0, 0.1) is 17.6 Å². The normalized spacial score (nSPS) is 19.9. The molecule has 2 fully saturated rings. The summed E-state index contributed by atoms with van der Waals surface area (Å²) in [6.07, 6.45) is 4.05. The van der Waals surface area contributed by atoms with Gasteiger partial charge in [-0.25, -0.2) is 21.9 Å². The van der Waals surface area contributed by atoms with Crippen LogP contribution >= 0.6 is 24.0 Å². The molecule has 170 valence electrons. The zero-order chi connectivity index (χ0) is 20.9. The average molecular weight is 557 g/mol. The van der Waals surface area contributed by atoms with Crippen molar-refractivity contribution in [1.82, 2.24) is 15.4 Å². The van der Waals surface area contributed by atoms with E-state index in [0.717, 1.165) is 12.8 Å². The number of hydrogen-bond acceptors (Lipinski definition) is 4. The molecule has 1 aliphatic heterocycles. The van der Waals surface area contributed by atoms with E-state index in [0.29, 0.717) is 37.9 Å². The maximum Gasteiger partial charge on any atom is 0.213 e. The van der Waals surface area contributed by atoms with Crippen LogP contribution in [-0.2, 0) is 10.0 Å². The molecular weight excluding hydrogens is 527 g/mol. The van der Waals surface area contributed by atoms with E-state index in [4.69, 9.17) is 0 Å². The van der Waals surface area contributed by atoms with Gasteiger partial charge in [-0.05, 0) is 37.3 Å². The first-order valence-corrected chi connectivity index (χ1v) is 11.7. The zero-order valence-corrected chi connectivity index (χ0v) is 20.2. The third-order valence-corrected chi connectivity index (χ3v) is 6.83. The Labute approximate surface area is 194 Å². The average Bonchev–Trinajstić information content (AvgIpc) is 3.07. The Kier molecular flexibility index (Phi) is 9.54. The van der Waals surface area contributed by atoms with Crippen LogP contribution < -0.4 is 20.3 Å². The zero-order valence-electron chi connectivity index (χ0n) is 17.0. The van der Waals surface area contributed by atoms with Crippen molar-refractivity contribution in [2.24, 2.45) is 10.9 Å². The molecule has 1 atom stereocenters. The highest BCUT2D eigenvalue weighted by atomic mass is 127. The van der Waals surface area contributed by atoms with Crippen LogP contribution in [0.2, 0.25) is 0 Å². The third-order valence-electron chi connectivity index (χ3n) is 5.49. The highest BCUT2D eigenvalue weighted by Gasteiger charge is 2.27. The summed E-state index contributed by atoms with van der Waals surface area (Å²) >= 11 is 0. The van der Waals surface area contributed by atoms with Gasteiger partial charge in [0, 0.05) is 39.3 Å². The van der Waals surface area contributed by atoms with E-state index >= 15 is 0 Å². The molecule has 0 radical (unpaired) electrons. The second-order valence-electron chi connectivity index (χ2n) is 7.61. The van der Waals surface area contributed by atoms with E-state index in [-0.39, 0.29) is 48.0 Å². The van der Waals surface area contributed by atoms with Crippen molar-refractivity contribution in [3.8, 4) is 0 Å². The Morgan fingerprint density at radius 3 is 2.53 bits per heavy atom. The minimum atomic E-state index is -3.33. The summed E-state index contributed by atoms with van der Waals surface area (Å²) in [6.45, 7) is 1.68. The quantitative estimate of drug-likeness (QED) is 0.259. The van der Waals surface area contributed by atoms with Crippen LogP contribution in [0.3, 0.4) is 0 Å². The Morgan fingerprint density at radius 2 is 1.93 bits per heavy atom. The second kappa shape index (κ2) is 11.4. The number of anilines is 1. The summed E-state index contributed by atoms with van der Waals surface area (Å²) in [5.41, 5.74) is -0.0108. The maximum absolute atomic E-state index is 14.0. The molecular formula is C19H30F2IN5O2S. The number of hydrogen-bond donors (Lipinski definition) is 3. The lowest BCUT2D eigenvalue weighted by Crippen LogP contribution is -2.46. The van der Waals surface area contributed by atoms with E-state index in [9.17, 15) is 17.2 Å². The predicted molar refractivity (Wildman–Crippen MR) is 126 cm³/mol. The van der Waals surface area contributed by atoms with Gasteiger partial charge in [-0.15, -0.1) is 24.0 Å². The van der Waals surface area contributed by atoms with Gasteiger partial charge in [-0.1, -0.05) is 12.5 Å². The topological polar surface area (TPSA) is 85.8 Å². The molecule has 30 heavy (non-hydrogen) atoms. The molecule has 11 heteroatoms. The molecule has 1 aromatic carbocycles. The summed E-state index contributed by atoms with van der Waals surface area (Å²) < 4.78 is 54.7. The monoisotopic (exact) mass is 557 g/mol. The molecule has 3 N–H and O–H groups in total. The molecule has 3 rings (SSSR count). The van der Waals surface area contributed by atoms with Crippen LogP contribution in [0.25, 0.3) is 0 Å². The largest absolute Gasteiger partial charge is 0.365 e. The fourth-order valence-corrected chi connectivity index (χ4v) is 4.58. The summed E-state index contributed by atoms with van der Waals surface area (Å²) in [7, 11) is -1.73. The maximum atomic E-state index is 14.0. The molecule has 0 amide bonds. The lowest BCUT2D eigenvalue weighted by Gasteiger charge is -2.25. The van der Waals surface area contributed by atoms with E-state index in [1.165, 1.54) is 24.6 Å². The SMILES string of the molecule is CN=C(NCCS(=O)(=O)NCC1CCC1)NC1CCN(c2c(F)cccc2F)C1.I. The summed E-state index contributed by atoms with van der Waals surface area (Å²) in [4.78, 5) is 5.78. The standard InChI is InChI=1S/C19H29F2N5O2S.HI/c1-22-19(23-9-11-29(27,28)24-12-14-4-2-5-14)25-15-8-10-26(13-15)18-16(20)6-3-7-17(18)21;/h3,6-7,14-15,24H,2,4-5,8-13H2,1H3,(H2,22,23,25);1H. The Balaban J connectivity index is 0.00000320. The minimum Gasteiger partial charge on any atom is -0.365 e. The number of sulfonamides is 1. The van der Waals surface area contributed by atoms with Gasteiger partial charge in [0.15, 0.2) is 5.96 Å². The molecule has 0 bridgehead atoms. The van der Waals surface area contributed by atoms with Gasteiger partial charge in [-0.3, -0.25) is 4.99 Å². The fraction of sp³-hybridized carbons (Fsp3) is 0.632. The van der Waals surface area contributed by atoms with Gasteiger partial charge in [0.05, 0.1) is 5.75 Å². The smallest absolute Gasteiger partial charge is 0.213 e. The number of halogens is 3. The van der Waals surface area contributed by atoms with Crippen molar-refractivity contribution in [3.63, 3.8) is 0 Å². The molecule has 1 aromatic rings. The Morgan fingerprint density at radius 1 is 1.23 bits per heavy atom. The van der Waals surface area contributed by atoms with Crippen molar-refractivity contribution < 1.29 is 17.2 Å². The van der Waals surface area contributed by atoms with Crippen molar-refractivity contribution >= 4 is 45.6 Å². The highest BCUT2D eigenvalue weighted by Crippen LogP contribution is 2.27. The Hall–Kier alpha value is -1.21. The van der Waals surface area contributed by atoms with E-state index in [1.54, 1.807) is 11.9 Å². The predicted octanol–water partition coefficient (Wildman–Crippen LogP) is 2.05. The first-order chi connectivity index (χ1) is 13.9. The van der Waals surface area contributed by atoms with Crippen LogP contribution in [0.5, 0.6) is 0 Å². The van der Waals surface area contributed by atoms with Gasteiger partial charge in [0.25, 0.3) is 0 Å². The molecule has 0 spiro atoms. The number of nitrogens with zero attached hydrogens (tertiary/aromatic N) is 2. The number of nitrogens with one attached hydrogen (secondary N) is 3. The summed E-state index contributed by atoms with van der Waals surface area (Å²) in [6, 6.07) is 3.80. The molecule has 1 heterocycles. The number of para-hydroxylation sites is 1. The van der Waals surface area contributed by atoms with Gasteiger partial charge < -0.3 is 15.5 Å². The number of aliphatic imine (C=N–C) groups is 1. The van der Waals surface area contributed by atoms with Gasteiger partial charge in [-0.2, -0.15) is 0 Å². The Bertz CT molecular complexity index is 816. The van der Waals surface area contributed by atoms with Gasteiger partial charge in [0.2, 0.25) is 10.0 Å². The number of guanidine groups is 1. The van der Waals surface area contributed by atoms with Crippen LogP contribution in [-0.4, -0.2) is 59.4 Å². The second-order valence-corrected chi connectivity index (χ2v) is 9.54. The first-order valence-electron chi connectivity index (χ1n) is 10.0. The molecule has 1 saturated carbocycles. The van der Waals surface area contributed by atoms with Crippen molar-refractivity contribution in [3.05, 3.63) is 29.8 Å². The number of benzene rings is 1. The molecule has 1 saturated heterocycles. The molecule has 0 aromatic heterocycles. The lowest BCUT2D eigenvalue weighted by molar-refractivity contribution is 0.316. The molecule has 1 unspecified atom stereocenters. The van der Waals surface area contributed by atoms with Crippen molar-refractivity contribution in [2.45, 2.75) is 31.7 Å². The summed E-state index contributed by atoms with van der Waals surface area (Å²) in [5.74, 6) is -0.255. The van der Waals surface area contributed by atoms with E-state index in [1.807, 2.05) is 0 Å². The van der Waals surface area contributed by atoms with Gasteiger partial charge >= 0.3 is 0 Å². The van der Waals surface area contributed by atoms with E-state index in [2.05, 4.69) is 20.3 Å². The minimum absolute atomic E-state index is 0. The van der Waals surface area contributed by atoms with Gasteiger partial charge in [0.1, 0.15) is 17.3 Å². The summed E-state index contributed by atoms with van der Waals surface area (Å²) in [5, 5.41) is 6.19. The van der Waals surface area contributed by atoms with Crippen molar-refractivity contribution in [1.29, 1.82) is 0 Å². The lowest BCUT2D eigenvalue weighted by atomic mass is 9.86.